The van der Waals surface area contributed by atoms with Crippen LogP contribution in [-0.2, 0) is 0 Å². The molecule has 0 saturated carbocycles. The molecule has 2 rings (SSSR count). The first kappa shape index (κ1) is 14.5. The van der Waals surface area contributed by atoms with Crippen LogP contribution in [0.3, 0.4) is 0 Å². The van der Waals surface area contributed by atoms with Crippen molar-refractivity contribution in [3.05, 3.63) is 30.5 Å². The van der Waals surface area contributed by atoms with Gasteiger partial charge in [0.2, 0.25) is 5.88 Å². The number of hydrogen-bond donors (Lipinski definition) is 2. The number of nitrogens with one attached hydrogen (secondary N) is 1. The average Bonchev–Trinajstić information content (AvgIpc) is 2.96. The molecule has 1 aromatic carbocycles. The number of aliphatic hydroxyl groups is 1. The maximum absolute atomic E-state index is 9.85. The molecular formula is C13H18N4O2S. The van der Waals surface area contributed by atoms with Crippen molar-refractivity contribution < 1.29 is 9.84 Å². The van der Waals surface area contributed by atoms with Crippen molar-refractivity contribution in [2.24, 2.45) is 0 Å². The first-order valence-corrected chi connectivity index (χ1v) is 6.98. The van der Waals surface area contributed by atoms with E-state index in [1.165, 1.54) is 6.20 Å². The summed E-state index contributed by atoms with van der Waals surface area (Å²) in [5, 5.41) is 13.0. The van der Waals surface area contributed by atoms with Crippen LogP contribution in [0, 0.1) is 0 Å². The highest BCUT2D eigenvalue weighted by atomic mass is 32.1. The summed E-state index contributed by atoms with van der Waals surface area (Å²) in [6.07, 6.45) is 0.922. The van der Waals surface area contributed by atoms with Crippen LogP contribution >= 0.6 is 11.7 Å². The Hall–Kier alpha value is -1.86. The number of anilines is 2. The number of hydrogen-bond acceptors (Lipinski definition) is 7. The molecule has 108 valence electrons. The Morgan fingerprint density at radius 2 is 2.30 bits per heavy atom. The molecule has 0 aliphatic carbocycles. The molecular weight excluding hydrogens is 276 g/mol. The predicted molar refractivity (Wildman–Crippen MR) is 80.7 cm³/mol. The van der Waals surface area contributed by atoms with Crippen molar-refractivity contribution in [2.45, 2.75) is 6.10 Å². The molecule has 0 aliphatic heterocycles. The zero-order chi connectivity index (χ0) is 14.4. The van der Waals surface area contributed by atoms with Gasteiger partial charge < -0.3 is 20.1 Å². The molecule has 1 unspecified atom stereocenters. The second-order valence-electron chi connectivity index (χ2n) is 4.54. The zero-order valence-electron chi connectivity index (χ0n) is 11.5. The lowest BCUT2D eigenvalue weighted by Gasteiger charge is -2.16. The Kier molecular flexibility index (Phi) is 5.14. The molecule has 0 aliphatic rings. The summed E-state index contributed by atoms with van der Waals surface area (Å²) in [6.45, 7) is 0.597. The quantitative estimate of drug-likeness (QED) is 0.805. The van der Waals surface area contributed by atoms with Crippen molar-refractivity contribution in [1.29, 1.82) is 0 Å². The van der Waals surface area contributed by atoms with Gasteiger partial charge in [-0.25, -0.2) is 0 Å². The molecule has 6 nitrogen and oxygen atoms in total. The van der Waals surface area contributed by atoms with Crippen molar-refractivity contribution in [3.63, 3.8) is 0 Å². The molecule has 0 radical (unpaired) electrons. The van der Waals surface area contributed by atoms with E-state index in [0.29, 0.717) is 12.4 Å². The lowest BCUT2D eigenvalue weighted by atomic mass is 10.2. The van der Waals surface area contributed by atoms with Crippen LogP contribution in [0.15, 0.2) is 30.5 Å². The third-order valence-electron chi connectivity index (χ3n) is 2.67. The number of nitrogens with zero attached hydrogens (tertiary/aromatic N) is 3. The van der Waals surface area contributed by atoms with Crippen molar-refractivity contribution in [2.75, 3.05) is 37.5 Å². The summed E-state index contributed by atoms with van der Waals surface area (Å²) >= 11 is 1.08. The molecule has 20 heavy (non-hydrogen) atoms. The number of rotatable bonds is 7. The molecule has 2 aromatic rings. The Labute approximate surface area is 122 Å². The van der Waals surface area contributed by atoms with E-state index < -0.39 is 6.10 Å². The van der Waals surface area contributed by atoms with Gasteiger partial charge in [0.15, 0.2) is 0 Å². The largest absolute Gasteiger partial charge is 0.473 e. The molecule has 0 fully saturated rings. The summed E-state index contributed by atoms with van der Waals surface area (Å²) in [6, 6.07) is 7.99. The molecule has 1 aromatic heterocycles. The highest BCUT2D eigenvalue weighted by molar-refractivity contribution is 6.99. The van der Waals surface area contributed by atoms with Crippen molar-refractivity contribution in [1.82, 2.24) is 8.75 Å². The van der Waals surface area contributed by atoms with Crippen LogP contribution < -0.4 is 15.0 Å². The maximum atomic E-state index is 9.85. The minimum absolute atomic E-state index is 0.186. The smallest absolute Gasteiger partial charge is 0.245 e. The zero-order valence-corrected chi connectivity index (χ0v) is 12.3. The van der Waals surface area contributed by atoms with E-state index in [1.54, 1.807) is 0 Å². The fraction of sp³-hybridized carbons (Fsp3) is 0.385. The van der Waals surface area contributed by atoms with Gasteiger partial charge in [0, 0.05) is 32.0 Å². The van der Waals surface area contributed by atoms with Crippen LogP contribution in [0.2, 0.25) is 0 Å². The minimum atomic E-state index is -0.611. The van der Waals surface area contributed by atoms with Crippen molar-refractivity contribution >= 4 is 23.1 Å². The second kappa shape index (κ2) is 7.06. The van der Waals surface area contributed by atoms with Gasteiger partial charge in [0.1, 0.15) is 18.9 Å². The molecule has 0 saturated heterocycles. The van der Waals surface area contributed by atoms with Crippen LogP contribution in [-0.4, -0.2) is 47.2 Å². The summed E-state index contributed by atoms with van der Waals surface area (Å²) in [4.78, 5) is 2.03. The fourth-order valence-corrected chi connectivity index (χ4v) is 1.95. The molecule has 0 spiro atoms. The van der Waals surface area contributed by atoms with Gasteiger partial charge in [0.05, 0.1) is 11.7 Å². The predicted octanol–water partition coefficient (Wildman–Crippen LogP) is 1.46. The summed E-state index contributed by atoms with van der Waals surface area (Å²) in [7, 11) is 3.98. The van der Waals surface area contributed by atoms with E-state index in [4.69, 9.17) is 4.74 Å². The third-order valence-corrected chi connectivity index (χ3v) is 3.13. The van der Waals surface area contributed by atoms with Crippen LogP contribution in [0.4, 0.5) is 11.4 Å². The van der Waals surface area contributed by atoms with Gasteiger partial charge in [-0.1, -0.05) is 6.07 Å². The number of aromatic nitrogens is 2. The van der Waals surface area contributed by atoms with E-state index in [0.717, 1.165) is 23.1 Å². The van der Waals surface area contributed by atoms with Gasteiger partial charge in [0.25, 0.3) is 0 Å². The van der Waals surface area contributed by atoms with Crippen LogP contribution in [0.25, 0.3) is 0 Å². The van der Waals surface area contributed by atoms with Gasteiger partial charge >= 0.3 is 0 Å². The van der Waals surface area contributed by atoms with E-state index >= 15 is 0 Å². The average molecular weight is 294 g/mol. The maximum Gasteiger partial charge on any atom is 0.245 e. The Morgan fingerprint density at radius 3 is 3.00 bits per heavy atom. The highest BCUT2D eigenvalue weighted by Crippen LogP contribution is 2.17. The monoisotopic (exact) mass is 294 g/mol. The molecule has 1 heterocycles. The number of aliphatic hydroxyl groups excluding tert-OH is 1. The van der Waals surface area contributed by atoms with Gasteiger partial charge in [-0.2, -0.15) is 4.37 Å². The lowest BCUT2D eigenvalue weighted by Crippen LogP contribution is -2.26. The normalized spacial score (nSPS) is 11.9. The standard InChI is InChI=1S/C13H18N4O2S/c1-17(2)11-5-3-4-10(6-11)14-7-12(18)9-19-13-8-15-20-16-13/h3-6,8,12,14,18H,7,9H2,1-2H3. The topological polar surface area (TPSA) is 70.5 Å². The molecule has 1 atom stereocenters. The molecule has 0 amide bonds. The minimum Gasteiger partial charge on any atom is -0.473 e. The van der Waals surface area contributed by atoms with Crippen LogP contribution in [0.5, 0.6) is 5.88 Å². The summed E-state index contributed by atoms with van der Waals surface area (Å²) in [5.41, 5.74) is 2.07. The number of ether oxygens (including phenoxy) is 1. The molecule has 0 bridgehead atoms. The van der Waals surface area contributed by atoms with E-state index in [2.05, 4.69) is 14.1 Å². The Bertz CT molecular complexity index is 519. The van der Waals surface area contributed by atoms with E-state index in [-0.39, 0.29) is 6.61 Å². The van der Waals surface area contributed by atoms with Crippen molar-refractivity contribution in [3.8, 4) is 5.88 Å². The Balaban J connectivity index is 1.78. The fourth-order valence-electron chi connectivity index (χ4n) is 1.59. The summed E-state index contributed by atoms with van der Waals surface area (Å²) in [5.74, 6) is 0.448. The van der Waals surface area contributed by atoms with Gasteiger partial charge in [-0.3, -0.25) is 0 Å². The first-order chi connectivity index (χ1) is 9.65. The number of benzene rings is 1. The van der Waals surface area contributed by atoms with Gasteiger partial charge in [-0.15, -0.1) is 4.37 Å². The highest BCUT2D eigenvalue weighted by Gasteiger charge is 2.07. The molecule has 2 N–H and O–H groups in total. The Morgan fingerprint density at radius 1 is 1.45 bits per heavy atom. The van der Waals surface area contributed by atoms with E-state index in [1.807, 2.05) is 43.3 Å². The third kappa shape index (κ3) is 4.36. The molecule has 7 heteroatoms. The second-order valence-corrected chi connectivity index (χ2v) is 5.09. The SMILES string of the molecule is CN(C)c1cccc(NCC(O)COc2cnsn2)c1. The van der Waals surface area contributed by atoms with Gasteiger partial charge in [-0.05, 0) is 18.2 Å². The first-order valence-electron chi connectivity index (χ1n) is 6.25. The summed E-state index contributed by atoms with van der Waals surface area (Å²) < 4.78 is 13.0. The van der Waals surface area contributed by atoms with E-state index in [9.17, 15) is 5.11 Å². The van der Waals surface area contributed by atoms with Crippen LogP contribution in [0.1, 0.15) is 0 Å². The lowest BCUT2D eigenvalue weighted by molar-refractivity contribution is 0.115.